The van der Waals surface area contributed by atoms with Crippen molar-refractivity contribution in [3.05, 3.63) is 12.2 Å². The molecule has 1 spiro atoms. The quantitative estimate of drug-likeness (QED) is 0.156. The lowest BCUT2D eigenvalue weighted by atomic mass is 9.76. The first kappa shape index (κ1) is 80.7. The zero-order valence-electron chi connectivity index (χ0n) is 59.8. The molecule has 100 heavy (non-hydrogen) atoms. The second kappa shape index (κ2) is 34.5. The number of likely N-dealkylation sites (N-methyl/N-ethyl adjacent to an activating group) is 6. The molecule has 4 saturated carbocycles. The molecule has 2 bridgehead atoms. The van der Waals surface area contributed by atoms with E-state index in [1.807, 2.05) is 0 Å². The Balaban J connectivity index is 1.27. The van der Waals surface area contributed by atoms with Crippen molar-refractivity contribution >= 4 is 65.0 Å². The number of nitrogens with one attached hydrogen (secondary N) is 3. The van der Waals surface area contributed by atoms with Crippen LogP contribution in [0.4, 0.5) is 35.1 Å². The Morgan fingerprint density at radius 1 is 0.580 bits per heavy atom. The molecule has 7 aliphatic rings. The largest absolute Gasteiger partial charge is 0.397 e. The van der Waals surface area contributed by atoms with E-state index in [-0.39, 0.29) is 109 Å². The summed E-state index contributed by atoms with van der Waals surface area (Å²) in [5.41, 5.74) is -1.57. The molecule has 0 aromatic heterocycles. The molecule has 7 rings (SSSR count). The Bertz CT molecular complexity index is 2950. The van der Waals surface area contributed by atoms with Crippen LogP contribution >= 0.6 is 0 Å². The van der Waals surface area contributed by atoms with Gasteiger partial charge in [0.05, 0.1) is 19.0 Å². The highest BCUT2D eigenvalue weighted by Crippen LogP contribution is 2.45. The van der Waals surface area contributed by atoms with E-state index < -0.39 is 205 Å². The van der Waals surface area contributed by atoms with Crippen LogP contribution in [-0.4, -0.2) is 251 Å². The third kappa shape index (κ3) is 19.1. The Hall–Kier alpha value is -6.65. The molecule has 22 nitrogen and oxygen atoms in total. The van der Waals surface area contributed by atoms with Gasteiger partial charge in [-0.05, 0) is 146 Å². The summed E-state index contributed by atoms with van der Waals surface area (Å²) >= 11 is 0. The summed E-state index contributed by atoms with van der Waals surface area (Å²) in [7, 11) is 8.39. The van der Waals surface area contributed by atoms with Gasteiger partial charge in [0, 0.05) is 67.8 Å². The van der Waals surface area contributed by atoms with Crippen LogP contribution in [0.2, 0.25) is 0 Å². The zero-order chi connectivity index (χ0) is 74.0. The number of alkyl halides is 8. The number of carbonyl (C=O) groups is 11. The van der Waals surface area contributed by atoms with Crippen molar-refractivity contribution in [1.29, 1.82) is 0 Å². The first-order valence-corrected chi connectivity index (χ1v) is 36.1. The van der Waals surface area contributed by atoms with Crippen LogP contribution in [0, 0.1) is 35.5 Å². The van der Waals surface area contributed by atoms with E-state index in [2.05, 4.69) is 16.0 Å². The highest BCUT2D eigenvalue weighted by molar-refractivity contribution is 6.00. The van der Waals surface area contributed by atoms with Crippen molar-refractivity contribution in [1.82, 2.24) is 55.1 Å². The average molecular weight is 1430 g/mol. The topological polar surface area (TPSA) is 250 Å². The number of amides is 11. The summed E-state index contributed by atoms with van der Waals surface area (Å²) in [6.45, 7) is 5.25. The van der Waals surface area contributed by atoms with Crippen LogP contribution in [0.5, 0.6) is 0 Å². The molecule has 2 saturated heterocycles. The van der Waals surface area contributed by atoms with Crippen LogP contribution in [0.3, 0.4) is 0 Å². The van der Waals surface area contributed by atoms with Crippen LogP contribution in [0.1, 0.15) is 182 Å². The lowest BCUT2D eigenvalue weighted by molar-refractivity contribution is -0.219. The summed E-state index contributed by atoms with van der Waals surface area (Å²) in [6.07, 6.45) is -9.66. The first-order chi connectivity index (χ1) is 47.0. The number of halogens is 8. The minimum absolute atomic E-state index is 0.0189. The minimum Gasteiger partial charge on any atom is -0.343 e. The molecular weight excluding hydrogens is 1320 g/mol. The molecule has 3 heterocycles. The highest BCUT2D eigenvalue weighted by atomic mass is 19.4. The molecule has 0 radical (unpaired) electrons. The fraction of sp³-hybridized carbons (Fsp3) is 0.814. The van der Waals surface area contributed by atoms with Gasteiger partial charge in [0.2, 0.25) is 65.0 Å². The molecule has 30 heteroatoms. The van der Waals surface area contributed by atoms with Crippen molar-refractivity contribution in [2.24, 2.45) is 35.5 Å². The Morgan fingerprint density at radius 2 is 1.20 bits per heavy atom. The maximum absolute atomic E-state index is 15.4. The van der Waals surface area contributed by atoms with Gasteiger partial charge in [-0.2, -0.15) is 26.3 Å². The molecule has 11 atom stereocenters. The SMILES string of the molecule is CC[C@H](C)[C@@H]1NC(=O)[C@H](CC)N(C)C(=O)C[C@@H](C)N(C)C(=O)[C@H](C2CCCC2)N(C)C(=O)C2(CCCC2)NC(=O)[C@@H]2CCCN2C(=O)[C@H](CCC2CC(F)C(C(F)(F)F)C(F)C2)NC(=O)CN(C)C(=O)[C@H](CC2CCC(C(F)(F)F)CC2)N2CC/C=C\C[C@@H](C2=O)N(C)C(=O)CN(C)C1=O. The normalized spacial score (nSPS) is 33.0. The number of fused-ring (bicyclic) bond motifs is 3. The molecule has 6 fully saturated rings. The van der Waals surface area contributed by atoms with Crippen molar-refractivity contribution in [2.45, 2.75) is 260 Å². The van der Waals surface area contributed by atoms with Crippen molar-refractivity contribution < 1.29 is 87.9 Å². The van der Waals surface area contributed by atoms with Crippen molar-refractivity contribution in [3.63, 3.8) is 0 Å². The predicted molar refractivity (Wildman–Crippen MR) is 353 cm³/mol. The lowest BCUT2D eigenvalue weighted by Gasteiger charge is -2.41. The number of hydrogen-bond donors (Lipinski definition) is 3. The Labute approximate surface area is 582 Å². The number of nitrogens with zero attached hydrogens (tertiary/aromatic N) is 8. The van der Waals surface area contributed by atoms with Gasteiger partial charge in [0.25, 0.3) is 0 Å². The Kier molecular flexibility index (Phi) is 27.9. The molecule has 2 unspecified atom stereocenters. The van der Waals surface area contributed by atoms with E-state index in [1.54, 1.807) is 39.8 Å². The molecule has 3 aliphatic heterocycles. The van der Waals surface area contributed by atoms with Gasteiger partial charge in [-0.1, -0.05) is 65.0 Å². The first-order valence-electron chi connectivity index (χ1n) is 36.1. The van der Waals surface area contributed by atoms with E-state index in [0.717, 1.165) is 27.5 Å². The van der Waals surface area contributed by atoms with Crippen molar-refractivity contribution in [2.75, 3.05) is 68.5 Å². The van der Waals surface area contributed by atoms with Gasteiger partial charge >= 0.3 is 12.4 Å². The van der Waals surface area contributed by atoms with Gasteiger partial charge in [-0.25, -0.2) is 8.78 Å². The van der Waals surface area contributed by atoms with Gasteiger partial charge < -0.3 is 55.1 Å². The van der Waals surface area contributed by atoms with Crippen LogP contribution in [0.25, 0.3) is 0 Å². The van der Waals surface area contributed by atoms with Crippen LogP contribution in [-0.2, 0) is 52.7 Å². The summed E-state index contributed by atoms with van der Waals surface area (Å²) in [6, 6.07) is -9.84. The van der Waals surface area contributed by atoms with Crippen molar-refractivity contribution in [3.8, 4) is 0 Å². The average Bonchev–Trinajstić information content (AvgIpc) is 1.51. The predicted octanol–water partition coefficient (Wildman–Crippen LogP) is 7.02. The second-order valence-electron chi connectivity index (χ2n) is 29.8. The summed E-state index contributed by atoms with van der Waals surface area (Å²) in [4.78, 5) is 173. The highest BCUT2D eigenvalue weighted by Gasteiger charge is 2.55. The number of carbonyl (C=O) groups excluding carboxylic acids is 11. The summed E-state index contributed by atoms with van der Waals surface area (Å²) < 4.78 is 114. The molecule has 11 amide bonds. The maximum Gasteiger partial charge on any atom is 0.397 e. The van der Waals surface area contributed by atoms with Crippen LogP contribution in [0.15, 0.2) is 12.2 Å². The minimum atomic E-state index is -5.19. The number of rotatable bonds is 9. The van der Waals surface area contributed by atoms with Gasteiger partial charge in [0.15, 0.2) is 0 Å². The van der Waals surface area contributed by atoms with Gasteiger partial charge in [0.1, 0.15) is 66.1 Å². The third-order valence-electron chi connectivity index (χ3n) is 23.0. The van der Waals surface area contributed by atoms with Crippen LogP contribution < -0.4 is 16.0 Å². The summed E-state index contributed by atoms with van der Waals surface area (Å²) in [5.74, 6) is -14.7. The fourth-order valence-electron chi connectivity index (χ4n) is 16.5. The molecule has 0 aromatic carbocycles. The monoisotopic (exact) mass is 1430 g/mol. The molecule has 564 valence electrons. The summed E-state index contributed by atoms with van der Waals surface area (Å²) in [5, 5.41) is 8.47. The fourth-order valence-corrected chi connectivity index (χ4v) is 16.5. The maximum atomic E-state index is 15.4. The van der Waals surface area contributed by atoms with E-state index in [0.29, 0.717) is 32.1 Å². The Morgan fingerprint density at radius 3 is 1.79 bits per heavy atom. The third-order valence-corrected chi connectivity index (χ3v) is 23.0. The van der Waals surface area contributed by atoms with E-state index in [4.69, 9.17) is 0 Å². The molecule has 3 N–H and O–H groups in total. The smallest absolute Gasteiger partial charge is 0.343 e. The molecule has 4 aliphatic carbocycles. The van der Waals surface area contributed by atoms with Gasteiger partial charge in [-0.3, -0.25) is 52.7 Å². The number of hydrogen-bond acceptors (Lipinski definition) is 11. The zero-order valence-corrected chi connectivity index (χ0v) is 59.8. The van der Waals surface area contributed by atoms with E-state index >= 15 is 32.8 Å². The van der Waals surface area contributed by atoms with E-state index in [1.165, 1.54) is 66.8 Å². The van der Waals surface area contributed by atoms with Gasteiger partial charge in [-0.15, -0.1) is 0 Å². The molecule has 0 aromatic rings. The molecular formula is C70H107F8N11O11. The standard InChI is InChI=1S/C70H107F8N11O11/c1-11-41(3)58-65(98)83(6)40-56(92)86(9)52-23-14-13-19-33-89(64(52)97)53(38-43-25-28-46(29-26-43)69(73,74)75)63(96)82(5)39-54(90)79-49(30-27-44-36-47(71)57(48(72)37-44)70(76,77)78)62(95)88-34-20-24-51(88)61(94)81-68(31-17-18-32-68)67(100)87(10)59(45-21-15-16-22-45)66(99)84(7)42(4)35-55(91)85(8)50(12-2)60(93)80-58/h13-14,41-53,57-59H,11-12,15-40H2,1-10H3,(H,79,90)(H,80,93)(H,81,94)/b14-13-/t41-,42+,43?,44?,46?,47?,48?,49-,50-,51-,52-,53-,57?,58-,59-/m0/s1. The lowest BCUT2D eigenvalue weighted by Crippen LogP contribution is -2.64. The van der Waals surface area contributed by atoms with E-state index in [9.17, 15) is 55.1 Å². The second-order valence-corrected chi connectivity index (χ2v) is 29.8.